The Morgan fingerprint density at radius 1 is 1.20 bits per heavy atom. The van der Waals surface area contributed by atoms with Crippen molar-refractivity contribution in [3.63, 3.8) is 0 Å². The van der Waals surface area contributed by atoms with E-state index in [1.54, 1.807) is 6.92 Å². The summed E-state index contributed by atoms with van der Waals surface area (Å²) in [6, 6.07) is 0. The van der Waals surface area contributed by atoms with Crippen LogP contribution in [0, 0.1) is 5.92 Å². The molecule has 1 rings (SSSR count). The molecular formula is C8H16O2. The largest absolute Gasteiger partial charge is 0.391 e. The molecule has 2 nitrogen and oxygen atoms in total. The van der Waals surface area contributed by atoms with E-state index in [9.17, 15) is 5.11 Å². The van der Waals surface area contributed by atoms with Gasteiger partial charge in [-0.15, -0.1) is 0 Å². The van der Waals surface area contributed by atoms with Crippen LogP contribution in [-0.2, 0) is 0 Å². The first kappa shape index (κ1) is 8.02. The Morgan fingerprint density at radius 3 is 2.10 bits per heavy atom. The number of hydrogen-bond donors (Lipinski definition) is 2. The van der Waals surface area contributed by atoms with Crippen molar-refractivity contribution in [2.24, 2.45) is 5.92 Å². The van der Waals surface area contributed by atoms with Crippen LogP contribution in [0.4, 0.5) is 0 Å². The molecule has 0 spiro atoms. The minimum absolute atomic E-state index is 0.361. The average molecular weight is 144 g/mol. The molecule has 0 aromatic carbocycles. The zero-order valence-electron chi connectivity index (χ0n) is 6.45. The van der Waals surface area contributed by atoms with Gasteiger partial charge in [0.15, 0.2) is 0 Å². The molecule has 1 aliphatic carbocycles. The third kappa shape index (κ3) is 1.70. The molecule has 1 aliphatic rings. The number of rotatable bonds is 2. The molecule has 0 radical (unpaired) electrons. The van der Waals surface area contributed by atoms with Crippen molar-refractivity contribution < 1.29 is 10.2 Å². The Hall–Kier alpha value is -0.0800. The SMILES string of the molecule is CC(O)C(O)C1CCCC1. The van der Waals surface area contributed by atoms with Crippen molar-refractivity contribution >= 4 is 0 Å². The summed E-state index contributed by atoms with van der Waals surface area (Å²) >= 11 is 0. The second kappa shape index (κ2) is 3.35. The molecule has 1 saturated carbocycles. The van der Waals surface area contributed by atoms with E-state index < -0.39 is 12.2 Å². The second-order valence-corrected chi connectivity index (χ2v) is 3.28. The van der Waals surface area contributed by atoms with Crippen LogP contribution in [0.15, 0.2) is 0 Å². The van der Waals surface area contributed by atoms with Gasteiger partial charge in [0.2, 0.25) is 0 Å². The highest BCUT2D eigenvalue weighted by Gasteiger charge is 2.25. The van der Waals surface area contributed by atoms with E-state index >= 15 is 0 Å². The molecule has 2 atom stereocenters. The van der Waals surface area contributed by atoms with E-state index in [1.807, 2.05) is 0 Å². The lowest BCUT2D eigenvalue weighted by atomic mass is 9.97. The van der Waals surface area contributed by atoms with Crippen LogP contribution in [0.25, 0.3) is 0 Å². The standard InChI is InChI=1S/C8H16O2/c1-6(9)8(10)7-4-2-3-5-7/h6-10H,2-5H2,1H3. The third-order valence-corrected chi connectivity index (χ3v) is 2.38. The summed E-state index contributed by atoms with van der Waals surface area (Å²) in [6.07, 6.45) is 3.58. The smallest absolute Gasteiger partial charge is 0.0824 e. The molecule has 0 heterocycles. The van der Waals surface area contributed by atoms with E-state index in [0.29, 0.717) is 5.92 Å². The predicted molar refractivity (Wildman–Crippen MR) is 39.6 cm³/mol. The van der Waals surface area contributed by atoms with E-state index in [4.69, 9.17) is 5.11 Å². The maximum absolute atomic E-state index is 9.38. The van der Waals surface area contributed by atoms with Crippen molar-refractivity contribution in [1.82, 2.24) is 0 Å². The monoisotopic (exact) mass is 144 g/mol. The van der Waals surface area contributed by atoms with Crippen LogP contribution in [-0.4, -0.2) is 22.4 Å². The van der Waals surface area contributed by atoms with E-state index in [0.717, 1.165) is 12.8 Å². The van der Waals surface area contributed by atoms with Crippen molar-refractivity contribution in [2.45, 2.75) is 44.8 Å². The van der Waals surface area contributed by atoms with Gasteiger partial charge in [-0.05, 0) is 25.7 Å². The summed E-state index contributed by atoms with van der Waals surface area (Å²) in [5.41, 5.74) is 0. The Bertz CT molecular complexity index is 95.4. The number of hydrogen-bond acceptors (Lipinski definition) is 2. The fourth-order valence-corrected chi connectivity index (χ4v) is 1.69. The predicted octanol–water partition coefficient (Wildman–Crippen LogP) is 0.918. The third-order valence-electron chi connectivity index (χ3n) is 2.38. The topological polar surface area (TPSA) is 40.5 Å². The molecule has 0 aromatic heterocycles. The van der Waals surface area contributed by atoms with Crippen LogP contribution < -0.4 is 0 Å². The van der Waals surface area contributed by atoms with Gasteiger partial charge in [0.25, 0.3) is 0 Å². The quantitative estimate of drug-likeness (QED) is 0.605. The van der Waals surface area contributed by atoms with Gasteiger partial charge in [-0.25, -0.2) is 0 Å². The summed E-state index contributed by atoms with van der Waals surface area (Å²) in [4.78, 5) is 0. The van der Waals surface area contributed by atoms with Gasteiger partial charge in [-0.3, -0.25) is 0 Å². The molecule has 2 heteroatoms. The molecule has 0 aromatic rings. The zero-order chi connectivity index (χ0) is 7.56. The highest BCUT2D eigenvalue weighted by molar-refractivity contribution is 4.77. The van der Waals surface area contributed by atoms with Gasteiger partial charge in [0.05, 0.1) is 12.2 Å². The normalized spacial score (nSPS) is 26.7. The molecule has 60 valence electrons. The maximum Gasteiger partial charge on any atom is 0.0824 e. The second-order valence-electron chi connectivity index (χ2n) is 3.28. The molecule has 1 fully saturated rings. The van der Waals surface area contributed by atoms with Crippen LogP contribution in [0.3, 0.4) is 0 Å². The molecular weight excluding hydrogens is 128 g/mol. The Labute approximate surface area is 61.9 Å². The summed E-state index contributed by atoms with van der Waals surface area (Å²) in [5, 5.41) is 18.4. The van der Waals surface area contributed by atoms with Crippen molar-refractivity contribution in [1.29, 1.82) is 0 Å². The van der Waals surface area contributed by atoms with Crippen LogP contribution in [0.5, 0.6) is 0 Å². The molecule has 10 heavy (non-hydrogen) atoms. The first-order valence-electron chi connectivity index (χ1n) is 4.08. The lowest BCUT2D eigenvalue weighted by Gasteiger charge is -2.19. The van der Waals surface area contributed by atoms with Crippen LogP contribution in [0.1, 0.15) is 32.6 Å². The molecule has 0 amide bonds. The summed E-state index contributed by atoms with van der Waals surface area (Å²) in [5.74, 6) is 0.361. The minimum atomic E-state index is -0.553. The maximum atomic E-state index is 9.38. The first-order chi connectivity index (χ1) is 4.72. The number of aliphatic hydroxyl groups excluding tert-OH is 2. The highest BCUT2D eigenvalue weighted by Crippen LogP contribution is 2.28. The van der Waals surface area contributed by atoms with Crippen molar-refractivity contribution in [3.8, 4) is 0 Å². The highest BCUT2D eigenvalue weighted by atomic mass is 16.3. The fraction of sp³-hybridized carbons (Fsp3) is 1.00. The Morgan fingerprint density at radius 2 is 1.70 bits per heavy atom. The van der Waals surface area contributed by atoms with Gasteiger partial charge in [-0.1, -0.05) is 12.8 Å². The van der Waals surface area contributed by atoms with Gasteiger partial charge >= 0.3 is 0 Å². The molecule has 0 saturated heterocycles. The number of aliphatic hydroxyl groups is 2. The van der Waals surface area contributed by atoms with Crippen LogP contribution >= 0.6 is 0 Å². The first-order valence-corrected chi connectivity index (χ1v) is 4.08. The van der Waals surface area contributed by atoms with Gasteiger partial charge in [-0.2, -0.15) is 0 Å². The zero-order valence-corrected chi connectivity index (χ0v) is 6.45. The Balaban J connectivity index is 2.32. The summed E-state index contributed by atoms with van der Waals surface area (Å²) < 4.78 is 0. The lowest BCUT2D eigenvalue weighted by Crippen LogP contribution is -2.29. The lowest BCUT2D eigenvalue weighted by molar-refractivity contribution is -0.00526. The van der Waals surface area contributed by atoms with E-state index in [1.165, 1.54) is 12.8 Å². The minimum Gasteiger partial charge on any atom is -0.391 e. The van der Waals surface area contributed by atoms with E-state index in [-0.39, 0.29) is 0 Å². The van der Waals surface area contributed by atoms with Crippen LogP contribution in [0.2, 0.25) is 0 Å². The van der Waals surface area contributed by atoms with Gasteiger partial charge in [0.1, 0.15) is 0 Å². The van der Waals surface area contributed by atoms with Gasteiger partial charge in [0, 0.05) is 0 Å². The fourth-order valence-electron chi connectivity index (χ4n) is 1.69. The summed E-state index contributed by atoms with van der Waals surface area (Å²) in [6.45, 7) is 1.66. The van der Waals surface area contributed by atoms with E-state index in [2.05, 4.69) is 0 Å². The van der Waals surface area contributed by atoms with Crippen molar-refractivity contribution in [3.05, 3.63) is 0 Å². The molecule has 0 aliphatic heterocycles. The molecule has 2 N–H and O–H groups in total. The van der Waals surface area contributed by atoms with Crippen molar-refractivity contribution in [2.75, 3.05) is 0 Å². The summed E-state index contributed by atoms with van der Waals surface area (Å²) in [7, 11) is 0. The Kier molecular flexibility index (Phi) is 2.69. The van der Waals surface area contributed by atoms with Gasteiger partial charge < -0.3 is 10.2 Å². The molecule has 0 bridgehead atoms. The average Bonchev–Trinajstić information content (AvgIpc) is 2.36. The molecule has 2 unspecified atom stereocenters.